The zero-order chi connectivity index (χ0) is 22.8. The average molecular weight is 462 g/mol. The van der Waals surface area contributed by atoms with Gasteiger partial charge < -0.3 is 23.5 Å². The molecule has 1 aromatic heterocycles. The second kappa shape index (κ2) is 8.79. The fraction of sp³-hybridized carbons (Fsp3) is 0.125. The van der Waals surface area contributed by atoms with Gasteiger partial charge in [0.15, 0.2) is 16.3 Å². The van der Waals surface area contributed by atoms with Crippen molar-refractivity contribution in [3.63, 3.8) is 0 Å². The Balaban J connectivity index is 1.58. The molecule has 0 N–H and O–H groups in total. The van der Waals surface area contributed by atoms with Gasteiger partial charge in [0.2, 0.25) is 6.79 Å². The lowest BCUT2D eigenvalue weighted by molar-refractivity contribution is -0.141. The topological polar surface area (TPSA) is 88.4 Å². The predicted molar refractivity (Wildman–Crippen MR) is 121 cm³/mol. The van der Waals surface area contributed by atoms with Crippen LogP contribution in [0.2, 0.25) is 0 Å². The minimum absolute atomic E-state index is 0.107. The Morgan fingerprint density at radius 2 is 1.76 bits per heavy atom. The van der Waals surface area contributed by atoms with Crippen LogP contribution in [0.3, 0.4) is 0 Å². The van der Waals surface area contributed by atoms with Gasteiger partial charge >= 0.3 is 5.97 Å². The normalized spacial score (nSPS) is 12.7. The highest BCUT2D eigenvalue weighted by Crippen LogP contribution is 2.37. The monoisotopic (exact) mass is 462 g/mol. The Bertz CT molecular complexity index is 1420. The Labute approximate surface area is 192 Å². The molecule has 0 bridgehead atoms. The Hall–Kier alpha value is -4.11. The number of amides is 1. The average Bonchev–Trinajstić information content (AvgIpc) is 3.42. The van der Waals surface area contributed by atoms with Crippen molar-refractivity contribution in [1.29, 1.82) is 0 Å². The van der Waals surface area contributed by atoms with Gasteiger partial charge in [0.05, 0.1) is 22.9 Å². The van der Waals surface area contributed by atoms with Crippen molar-refractivity contribution in [3.8, 4) is 23.0 Å². The summed E-state index contributed by atoms with van der Waals surface area (Å²) in [4.78, 5) is 30.0. The molecule has 1 amide bonds. The highest BCUT2D eigenvalue weighted by molar-refractivity contribution is 7.16. The van der Waals surface area contributed by atoms with Crippen molar-refractivity contribution in [1.82, 2.24) is 4.57 Å². The maximum atomic E-state index is 13.2. The molecule has 5 rings (SSSR count). The SMILES string of the molecule is COC(=O)Cn1c(=NC(=O)c2ccccc2Oc2ccccc2)sc2cc3c(cc21)OCO3. The summed E-state index contributed by atoms with van der Waals surface area (Å²) in [7, 11) is 1.31. The van der Waals surface area contributed by atoms with E-state index in [9.17, 15) is 9.59 Å². The number of ether oxygens (including phenoxy) is 4. The van der Waals surface area contributed by atoms with Crippen LogP contribution in [-0.2, 0) is 16.1 Å². The molecule has 0 spiro atoms. The summed E-state index contributed by atoms with van der Waals surface area (Å²) in [5.74, 6) is 1.21. The van der Waals surface area contributed by atoms with Crippen molar-refractivity contribution in [3.05, 3.63) is 77.1 Å². The smallest absolute Gasteiger partial charge is 0.325 e. The van der Waals surface area contributed by atoms with Crippen molar-refractivity contribution < 1.29 is 28.5 Å². The molecule has 0 saturated carbocycles. The Kier molecular flexibility index (Phi) is 5.54. The zero-order valence-corrected chi connectivity index (χ0v) is 18.3. The predicted octanol–water partition coefficient (Wildman–Crippen LogP) is 4.14. The summed E-state index contributed by atoms with van der Waals surface area (Å²) in [5, 5.41) is 0. The number of hydrogen-bond donors (Lipinski definition) is 0. The molecule has 0 unspecified atom stereocenters. The summed E-state index contributed by atoms with van der Waals surface area (Å²) in [5.41, 5.74) is 0.993. The van der Waals surface area contributed by atoms with E-state index in [1.165, 1.54) is 18.4 Å². The number of esters is 1. The van der Waals surface area contributed by atoms with E-state index < -0.39 is 11.9 Å². The third-order valence-electron chi connectivity index (χ3n) is 4.98. The van der Waals surface area contributed by atoms with Gasteiger partial charge in [0.25, 0.3) is 5.91 Å². The molecular formula is C24H18N2O6S. The van der Waals surface area contributed by atoms with Gasteiger partial charge in [-0.25, -0.2) is 0 Å². The summed E-state index contributed by atoms with van der Waals surface area (Å²) in [6.45, 7) is 0.0297. The van der Waals surface area contributed by atoms with Gasteiger partial charge in [-0.1, -0.05) is 41.7 Å². The number of hydrogen-bond acceptors (Lipinski definition) is 7. The van der Waals surface area contributed by atoms with E-state index in [0.717, 1.165) is 4.70 Å². The van der Waals surface area contributed by atoms with Crippen LogP contribution in [0.4, 0.5) is 0 Å². The molecule has 166 valence electrons. The number of methoxy groups -OCH3 is 1. The highest BCUT2D eigenvalue weighted by Gasteiger charge is 2.20. The number of carbonyl (C=O) groups is 2. The summed E-state index contributed by atoms with van der Waals surface area (Å²) < 4.78 is 24.1. The standard InChI is InChI=1S/C24H18N2O6S/c1-29-22(27)13-26-17-11-19-20(31-14-30-19)12-21(17)33-24(26)25-23(28)16-9-5-6-10-18(16)32-15-7-3-2-4-8-15/h2-12H,13-14H2,1H3. The zero-order valence-electron chi connectivity index (χ0n) is 17.5. The largest absolute Gasteiger partial charge is 0.468 e. The molecule has 0 saturated heterocycles. The van der Waals surface area contributed by atoms with Gasteiger partial charge in [-0.05, 0) is 24.3 Å². The van der Waals surface area contributed by atoms with Crippen LogP contribution in [0, 0.1) is 0 Å². The molecule has 0 radical (unpaired) electrons. The number of nitrogens with zero attached hydrogens (tertiary/aromatic N) is 2. The van der Waals surface area contributed by atoms with E-state index in [1.54, 1.807) is 47.0 Å². The fourth-order valence-corrected chi connectivity index (χ4v) is 4.42. The number of benzene rings is 3. The van der Waals surface area contributed by atoms with Gasteiger partial charge in [-0.2, -0.15) is 4.99 Å². The Morgan fingerprint density at radius 1 is 1.03 bits per heavy atom. The molecule has 0 fully saturated rings. The van der Waals surface area contributed by atoms with Crippen LogP contribution in [0.25, 0.3) is 10.2 Å². The van der Waals surface area contributed by atoms with Gasteiger partial charge in [-0.3, -0.25) is 9.59 Å². The van der Waals surface area contributed by atoms with Crippen LogP contribution in [0.1, 0.15) is 10.4 Å². The highest BCUT2D eigenvalue weighted by atomic mass is 32.1. The third-order valence-corrected chi connectivity index (χ3v) is 6.02. The van der Waals surface area contributed by atoms with Crippen LogP contribution in [0.15, 0.2) is 71.7 Å². The summed E-state index contributed by atoms with van der Waals surface area (Å²) in [6, 6.07) is 19.7. The Morgan fingerprint density at radius 3 is 2.55 bits per heavy atom. The maximum absolute atomic E-state index is 13.2. The first-order valence-electron chi connectivity index (χ1n) is 10.0. The first kappa shape index (κ1) is 20.8. The van der Waals surface area contributed by atoms with Crippen molar-refractivity contribution >= 4 is 33.4 Å². The first-order chi connectivity index (χ1) is 16.1. The van der Waals surface area contributed by atoms with E-state index in [4.69, 9.17) is 18.9 Å². The lowest BCUT2D eigenvalue weighted by Gasteiger charge is -2.08. The third kappa shape index (κ3) is 4.18. The lowest BCUT2D eigenvalue weighted by atomic mass is 10.2. The van der Waals surface area contributed by atoms with Crippen LogP contribution >= 0.6 is 11.3 Å². The van der Waals surface area contributed by atoms with Crippen molar-refractivity contribution in [2.45, 2.75) is 6.54 Å². The van der Waals surface area contributed by atoms with Gasteiger partial charge in [0.1, 0.15) is 18.0 Å². The van der Waals surface area contributed by atoms with Crippen molar-refractivity contribution in [2.24, 2.45) is 4.99 Å². The number of fused-ring (bicyclic) bond motifs is 2. The molecule has 0 atom stereocenters. The number of para-hydroxylation sites is 2. The molecule has 4 aromatic rings. The fourth-order valence-electron chi connectivity index (χ4n) is 3.39. The van der Waals surface area contributed by atoms with Crippen LogP contribution < -0.4 is 19.0 Å². The van der Waals surface area contributed by atoms with Crippen LogP contribution in [-0.4, -0.2) is 30.3 Å². The van der Waals surface area contributed by atoms with Crippen LogP contribution in [0.5, 0.6) is 23.0 Å². The molecule has 1 aliphatic rings. The molecular weight excluding hydrogens is 444 g/mol. The molecule has 8 nitrogen and oxygen atoms in total. The lowest BCUT2D eigenvalue weighted by Crippen LogP contribution is -2.22. The van der Waals surface area contributed by atoms with E-state index in [0.29, 0.717) is 38.9 Å². The van der Waals surface area contributed by atoms with E-state index in [1.807, 2.05) is 24.3 Å². The van der Waals surface area contributed by atoms with E-state index in [2.05, 4.69) is 4.99 Å². The van der Waals surface area contributed by atoms with Gasteiger partial charge in [0, 0.05) is 12.1 Å². The van der Waals surface area contributed by atoms with Crippen molar-refractivity contribution in [2.75, 3.05) is 13.9 Å². The second-order valence-electron chi connectivity index (χ2n) is 7.05. The van der Waals surface area contributed by atoms with E-state index in [-0.39, 0.29) is 13.3 Å². The summed E-state index contributed by atoms with van der Waals surface area (Å²) >= 11 is 1.27. The number of carbonyl (C=O) groups excluding carboxylic acids is 2. The minimum atomic E-state index is -0.494. The number of rotatable bonds is 5. The summed E-state index contributed by atoms with van der Waals surface area (Å²) in [6.07, 6.45) is 0. The second-order valence-corrected chi connectivity index (χ2v) is 8.06. The van der Waals surface area contributed by atoms with E-state index >= 15 is 0 Å². The molecule has 9 heteroatoms. The quantitative estimate of drug-likeness (QED) is 0.414. The molecule has 0 aliphatic carbocycles. The molecule has 2 heterocycles. The minimum Gasteiger partial charge on any atom is -0.468 e. The molecule has 33 heavy (non-hydrogen) atoms. The number of aromatic nitrogens is 1. The molecule has 1 aliphatic heterocycles. The first-order valence-corrected chi connectivity index (χ1v) is 10.8. The molecule has 3 aromatic carbocycles. The maximum Gasteiger partial charge on any atom is 0.325 e. The van der Waals surface area contributed by atoms with Gasteiger partial charge in [-0.15, -0.1) is 0 Å². The number of thiazole rings is 1.